The standard InChI is InChI=1S/C52H38S/c1-7-21-39(22-8-1)43-29-19-31-45(37-43)51-49(41-25-11-3-12-26-41)50(42-27-13-4-14-28-42)52(46-32-20-30-44(38-46)40-23-9-2-10-24-40)53(51,47-33-15-5-16-34-47)48-35-17-6-18-36-48/h1-38H. The van der Waals surface area contributed by atoms with Crippen LogP contribution in [-0.2, 0) is 0 Å². The molecule has 1 aliphatic heterocycles. The highest BCUT2D eigenvalue weighted by atomic mass is 32.3. The number of allylic oxidation sites excluding steroid dienone is 2. The van der Waals surface area contributed by atoms with E-state index in [9.17, 15) is 0 Å². The van der Waals surface area contributed by atoms with Gasteiger partial charge in [-0.2, -0.15) is 0 Å². The lowest BCUT2D eigenvalue weighted by molar-refractivity contribution is 1.38. The molecule has 0 N–H and O–H groups in total. The SMILES string of the molecule is c1ccc(C2=C(c3cccc(-c4ccccc4)c3)S(c3ccccc3)(c3ccccc3)C(c3cccc(-c4ccccc4)c3)=C2c2ccccc2)cc1. The Kier molecular flexibility index (Phi) is 8.77. The summed E-state index contributed by atoms with van der Waals surface area (Å²) in [5.41, 5.74) is 12.3. The fraction of sp³-hybridized carbons (Fsp3) is 0. The third-order valence-corrected chi connectivity index (χ3v) is 14.2. The molecule has 0 unspecified atom stereocenters. The molecule has 1 heterocycles. The van der Waals surface area contributed by atoms with Gasteiger partial charge in [0.2, 0.25) is 0 Å². The molecule has 1 aliphatic rings. The molecule has 1 heteroatoms. The second kappa shape index (κ2) is 14.3. The van der Waals surface area contributed by atoms with Gasteiger partial charge in [-0.15, -0.1) is 10.0 Å². The Morgan fingerprint density at radius 1 is 0.208 bits per heavy atom. The molecule has 0 fully saturated rings. The van der Waals surface area contributed by atoms with Crippen LogP contribution in [-0.4, -0.2) is 0 Å². The van der Waals surface area contributed by atoms with Gasteiger partial charge in [-0.05, 0) is 80.9 Å². The quantitative estimate of drug-likeness (QED) is 0.149. The van der Waals surface area contributed by atoms with E-state index in [1.54, 1.807) is 0 Å². The Morgan fingerprint density at radius 2 is 0.472 bits per heavy atom. The van der Waals surface area contributed by atoms with Crippen molar-refractivity contribution in [2.24, 2.45) is 0 Å². The predicted octanol–water partition coefficient (Wildman–Crippen LogP) is 14.4. The summed E-state index contributed by atoms with van der Waals surface area (Å²) in [7, 11) is -2.14. The first-order chi connectivity index (χ1) is 26.3. The number of hydrogen-bond acceptors (Lipinski definition) is 0. The number of hydrogen-bond donors (Lipinski definition) is 0. The fourth-order valence-electron chi connectivity index (χ4n) is 7.84. The minimum atomic E-state index is -2.14. The van der Waals surface area contributed by atoms with Crippen LogP contribution in [0, 0.1) is 0 Å². The van der Waals surface area contributed by atoms with E-state index in [0.717, 1.165) is 0 Å². The van der Waals surface area contributed by atoms with Crippen LogP contribution in [0.15, 0.2) is 240 Å². The van der Waals surface area contributed by atoms with Crippen molar-refractivity contribution in [1.82, 2.24) is 0 Å². The summed E-state index contributed by atoms with van der Waals surface area (Å²) in [6.07, 6.45) is 0. The van der Waals surface area contributed by atoms with E-state index in [1.807, 2.05) is 0 Å². The minimum Gasteiger partial charge on any atom is -0.130 e. The van der Waals surface area contributed by atoms with Gasteiger partial charge in [-0.3, -0.25) is 0 Å². The van der Waals surface area contributed by atoms with Crippen molar-refractivity contribution in [3.8, 4) is 22.3 Å². The van der Waals surface area contributed by atoms with E-state index in [4.69, 9.17) is 0 Å². The van der Waals surface area contributed by atoms with E-state index in [-0.39, 0.29) is 0 Å². The van der Waals surface area contributed by atoms with Crippen LogP contribution in [0.1, 0.15) is 22.3 Å². The van der Waals surface area contributed by atoms with Crippen molar-refractivity contribution < 1.29 is 0 Å². The van der Waals surface area contributed by atoms with Gasteiger partial charge in [0, 0.05) is 30.7 Å². The van der Waals surface area contributed by atoms with Gasteiger partial charge in [0.05, 0.1) is 0 Å². The summed E-state index contributed by atoms with van der Waals surface area (Å²) in [4.78, 5) is 5.34. The largest absolute Gasteiger partial charge is 0.130 e. The maximum absolute atomic E-state index is 2.42. The van der Waals surface area contributed by atoms with Crippen molar-refractivity contribution in [3.05, 3.63) is 253 Å². The second-order valence-corrected chi connectivity index (χ2v) is 16.3. The van der Waals surface area contributed by atoms with Crippen molar-refractivity contribution in [2.75, 3.05) is 0 Å². The smallest absolute Gasteiger partial charge is 0.0181 e. The van der Waals surface area contributed by atoms with Crippen LogP contribution < -0.4 is 0 Å². The van der Waals surface area contributed by atoms with Gasteiger partial charge >= 0.3 is 0 Å². The fourth-order valence-corrected chi connectivity index (χ4v) is 12.4. The summed E-state index contributed by atoms with van der Waals surface area (Å²) in [6, 6.07) is 84.8. The molecule has 0 spiro atoms. The summed E-state index contributed by atoms with van der Waals surface area (Å²) in [5, 5.41) is 0. The van der Waals surface area contributed by atoms with Gasteiger partial charge in [0.15, 0.2) is 0 Å². The Bertz CT molecular complexity index is 2370. The van der Waals surface area contributed by atoms with Gasteiger partial charge in [-0.25, -0.2) is 0 Å². The number of benzene rings is 8. The first-order valence-electron chi connectivity index (χ1n) is 18.2. The van der Waals surface area contributed by atoms with Crippen LogP contribution in [0.5, 0.6) is 0 Å². The molecular formula is C52H38S. The zero-order valence-corrected chi connectivity index (χ0v) is 30.2. The van der Waals surface area contributed by atoms with Crippen LogP contribution in [0.3, 0.4) is 0 Å². The van der Waals surface area contributed by atoms with Crippen LogP contribution in [0.4, 0.5) is 0 Å². The Labute approximate surface area is 314 Å². The van der Waals surface area contributed by atoms with Crippen molar-refractivity contribution >= 4 is 31.0 Å². The zero-order valence-electron chi connectivity index (χ0n) is 29.3. The van der Waals surface area contributed by atoms with E-state index in [2.05, 4.69) is 231 Å². The molecule has 53 heavy (non-hydrogen) atoms. The lowest BCUT2D eigenvalue weighted by atomic mass is 9.88. The molecule has 0 saturated carbocycles. The molecule has 8 aromatic rings. The topological polar surface area (TPSA) is 0 Å². The molecule has 0 aliphatic carbocycles. The number of rotatable bonds is 8. The van der Waals surface area contributed by atoms with Crippen LogP contribution in [0.25, 0.3) is 43.2 Å². The maximum atomic E-state index is 2.42. The zero-order chi connectivity index (χ0) is 35.5. The highest BCUT2D eigenvalue weighted by molar-refractivity contribution is 8.48. The highest BCUT2D eigenvalue weighted by Gasteiger charge is 2.47. The van der Waals surface area contributed by atoms with E-state index in [0.29, 0.717) is 0 Å². The van der Waals surface area contributed by atoms with Gasteiger partial charge in [0.25, 0.3) is 0 Å². The average Bonchev–Trinajstić information content (AvgIpc) is 3.59. The van der Waals surface area contributed by atoms with Crippen LogP contribution >= 0.6 is 10.0 Å². The highest BCUT2D eigenvalue weighted by Crippen LogP contribution is 2.84. The molecule has 0 amide bonds. The van der Waals surface area contributed by atoms with E-state index in [1.165, 1.54) is 75.3 Å². The predicted molar refractivity (Wildman–Crippen MR) is 227 cm³/mol. The van der Waals surface area contributed by atoms with Crippen molar-refractivity contribution in [2.45, 2.75) is 9.79 Å². The molecule has 0 aromatic heterocycles. The lowest BCUT2D eigenvalue weighted by Gasteiger charge is -2.43. The van der Waals surface area contributed by atoms with Gasteiger partial charge < -0.3 is 0 Å². The summed E-state index contributed by atoms with van der Waals surface area (Å²) < 4.78 is 0. The average molecular weight is 695 g/mol. The third kappa shape index (κ3) is 5.86. The van der Waals surface area contributed by atoms with Crippen molar-refractivity contribution in [3.63, 3.8) is 0 Å². The third-order valence-electron chi connectivity index (χ3n) is 10.1. The van der Waals surface area contributed by atoms with Crippen molar-refractivity contribution in [1.29, 1.82) is 0 Å². The summed E-state index contributed by atoms with van der Waals surface area (Å²) in [5.74, 6) is 0. The van der Waals surface area contributed by atoms with E-state index < -0.39 is 10.0 Å². The minimum absolute atomic E-state index is 1.21. The van der Waals surface area contributed by atoms with E-state index >= 15 is 0 Å². The normalized spacial score (nSPS) is 14.3. The Balaban J connectivity index is 1.49. The van der Waals surface area contributed by atoms with Gasteiger partial charge in [-0.1, -0.05) is 194 Å². The molecule has 0 nitrogen and oxygen atoms in total. The maximum Gasteiger partial charge on any atom is 0.0181 e. The first-order valence-corrected chi connectivity index (χ1v) is 19.8. The molecule has 8 aromatic carbocycles. The second-order valence-electron chi connectivity index (χ2n) is 13.3. The molecule has 0 bridgehead atoms. The summed E-state index contributed by atoms with van der Waals surface area (Å²) in [6.45, 7) is 0. The molecule has 0 radical (unpaired) electrons. The lowest BCUT2D eigenvalue weighted by Crippen LogP contribution is -2.06. The molecule has 252 valence electrons. The monoisotopic (exact) mass is 694 g/mol. The molecule has 0 atom stereocenters. The summed E-state index contributed by atoms with van der Waals surface area (Å²) >= 11 is 0. The Hall–Kier alpha value is -6.41. The van der Waals surface area contributed by atoms with Crippen LogP contribution in [0.2, 0.25) is 0 Å². The molecular weight excluding hydrogens is 657 g/mol. The Morgan fingerprint density at radius 3 is 0.811 bits per heavy atom. The molecule has 0 saturated heterocycles. The molecule has 9 rings (SSSR count). The van der Waals surface area contributed by atoms with Gasteiger partial charge in [0.1, 0.15) is 0 Å². The first kappa shape index (κ1) is 32.5.